The van der Waals surface area contributed by atoms with Crippen LogP contribution in [-0.2, 0) is 16.0 Å². The molecule has 1 amide bonds. The van der Waals surface area contributed by atoms with Gasteiger partial charge < -0.3 is 24.6 Å². The maximum atomic E-state index is 13.3. The lowest BCUT2D eigenvalue weighted by Gasteiger charge is -2.40. The SMILES string of the molecule is CCNc1cccnc1N1CCN(C(=O)CC2(C)CCc3c(C)c(OC(C)=O)c(C)c(C)c3O2)CC1. The van der Waals surface area contributed by atoms with Crippen LogP contribution < -0.4 is 19.7 Å². The molecule has 36 heavy (non-hydrogen) atoms. The number of hydrogen-bond acceptors (Lipinski definition) is 7. The lowest BCUT2D eigenvalue weighted by Crippen LogP contribution is -2.51. The summed E-state index contributed by atoms with van der Waals surface area (Å²) >= 11 is 0. The van der Waals surface area contributed by atoms with Crippen LogP contribution >= 0.6 is 0 Å². The molecule has 8 nitrogen and oxygen atoms in total. The second kappa shape index (κ2) is 10.4. The zero-order chi connectivity index (χ0) is 26.0. The summed E-state index contributed by atoms with van der Waals surface area (Å²) in [4.78, 5) is 33.7. The molecule has 1 fully saturated rings. The maximum absolute atomic E-state index is 13.3. The standard InChI is InChI=1S/C28H38N4O4/c1-7-29-23-9-8-12-30-27(23)32-15-13-31(14-16-32)24(34)17-28(6)11-10-22-20(4)25(35-21(5)33)18(2)19(3)26(22)36-28/h8-9,12,29H,7,10-11,13-17H2,1-6H3. The maximum Gasteiger partial charge on any atom is 0.308 e. The van der Waals surface area contributed by atoms with Crippen LogP contribution in [0.2, 0.25) is 0 Å². The van der Waals surface area contributed by atoms with Gasteiger partial charge in [-0.3, -0.25) is 9.59 Å². The van der Waals surface area contributed by atoms with Gasteiger partial charge >= 0.3 is 5.97 Å². The largest absolute Gasteiger partial charge is 0.486 e. The van der Waals surface area contributed by atoms with Crippen molar-refractivity contribution in [2.45, 2.75) is 66.4 Å². The zero-order valence-corrected chi connectivity index (χ0v) is 22.4. The number of benzene rings is 1. The number of esters is 1. The molecule has 0 spiro atoms. The molecule has 2 aromatic rings. The van der Waals surface area contributed by atoms with Crippen molar-refractivity contribution in [3.63, 3.8) is 0 Å². The fraction of sp³-hybridized carbons (Fsp3) is 0.536. The van der Waals surface area contributed by atoms with Gasteiger partial charge in [0, 0.05) is 51.4 Å². The average molecular weight is 495 g/mol. The van der Waals surface area contributed by atoms with Crippen molar-refractivity contribution >= 4 is 23.4 Å². The van der Waals surface area contributed by atoms with E-state index in [2.05, 4.69) is 22.1 Å². The van der Waals surface area contributed by atoms with Crippen molar-refractivity contribution in [3.05, 3.63) is 40.6 Å². The van der Waals surface area contributed by atoms with E-state index in [0.29, 0.717) is 25.3 Å². The summed E-state index contributed by atoms with van der Waals surface area (Å²) in [5, 5.41) is 3.37. The molecule has 2 aliphatic heterocycles. The molecule has 0 bridgehead atoms. The number of aromatic nitrogens is 1. The van der Waals surface area contributed by atoms with E-state index in [0.717, 1.165) is 72.0 Å². The monoisotopic (exact) mass is 494 g/mol. The number of anilines is 2. The molecular formula is C28H38N4O4. The van der Waals surface area contributed by atoms with Crippen LogP contribution in [0, 0.1) is 20.8 Å². The van der Waals surface area contributed by atoms with Gasteiger partial charge in [0.15, 0.2) is 5.82 Å². The molecule has 0 saturated carbocycles. The van der Waals surface area contributed by atoms with Gasteiger partial charge in [0.2, 0.25) is 5.91 Å². The molecule has 4 rings (SSSR count). The zero-order valence-electron chi connectivity index (χ0n) is 22.4. The van der Waals surface area contributed by atoms with Crippen LogP contribution in [0.4, 0.5) is 11.5 Å². The Kier molecular flexibility index (Phi) is 7.43. The van der Waals surface area contributed by atoms with Crippen LogP contribution in [0.25, 0.3) is 0 Å². The number of piperazine rings is 1. The Labute approximate surface area is 214 Å². The van der Waals surface area contributed by atoms with E-state index in [1.165, 1.54) is 6.92 Å². The molecule has 2 aliphatic rings. The Bertz CT molecular complexity index is 1160. The first-order valence-electron chi connectivity index (χ1n) is 12.8. The molecule has 0 aliphatic carbocycles. The summed E-state index contributed by atoms with van der Waals surface area (Å²) < 4.78 is 12.1. The molecule has 1 unspecified atom stereocenters. The minimum Gasteiger partial charge on any atom is -0.486 e. The topological polar surface area (TPSA) is 84.0 Å². The predicted molar refractivity (Wildman–Crippen MR) is 141 cm³/mol. The summed E-state index contributed by atoms with van der Waals surface area (Å²) in [6.45, 7) is 15.1. The number of nitrogens with one attached hydrogen (secondary N) is 1. The van der Waals surface area contributed by atoms with Crippen molar-refractivity contribution in [2.24, 2.45) is 0 Å². The van der Waals surface area contributed by atoms with E-state index < -0.39 is 5.60 Å². The van der Waals surface area contributed by atoms with Crippen LogP contribution in [0.3, 0.4) is 0 Å². The Morgan fingerprint density at radius 2 is 1.86 bits per heavy atom. The van der Waals surface area contributed by atoms with Crippen molar-refractivity contribution in [3.8, 4) is 11.5 Å². The first-order valence-corrected chi connectivity index (χ1v) is 12.8. The fourth-order valence-electron chi connectivity index (χ4n) is 5.28. The highest BCUT2D eigenvalue weighted by atomic mass is 16.5. The quantitative estimate of drug-likeness (QED) is 0.476. The molecular weight excluding hydrogens is 456 g/mol. The smallest absolute Gasteiger partial charge is 0.308 e. The number of nitrogens with zero attached hydrogens (tertiary/aromatic N) is 3. The van der Waals surface area contributed by atoms with E-state index in [-0.39, 0.29) is 11.9 Å². The number of pyridine rings is 1. The molecule has 8 heteroatoms. The van der Waals surface area contributed by atoms with Crippen LogP contribution in [-0.4, -0.2) is 60.1 Å². The van der Waals surface area contributed by atoms with Gasteiger partial charge in [-0.25, -0.2) is 4.98 Å². The average Bonchev–Trinajstić information content (AvgIpc) is 2.85. The second-order valence-corrected chi connectivity index (χ2v) is 10.1. The van der Waals surface area contributed by atoms with Gasteiger partial charge in [0.25, 0.3) is 0 Å². The third-order valence-electron chi connectivity index (χ3n) is 7.42. The Balaban J connectivity index is 1.43. The molecule has 0 radical (unpaired) electrons. The van der Waals surface area contributed by atoms with E-state index in [9.17, 15) is 9.59 Å². The van der Waals surface area contributed by atoms with Gasteiger partial charge in [0.05, 0.1) is 12.1 Å². The van der Waals surface area contributed by atoms with Crippen molar-refractivity contribution in [2.75, 3.05) is 42.9 Å². The van der Waals surface area contributed by atoms with Gasteiger partial charge in [-0.05, 0) is 76.3 Å². The minimum atomic E-state index is -0.576. The molecule has 1 N–H and O–H groups in total. The number of hydrogen-bond donors (Lipinski definition) is 1. The molecule has 1 aromatic carbocycles. The lowest BCUT2D eigenvalue weighted by molar-refractivity contribution is -0.136. The summed E-state index contributed by atoms with van der Waals surface area (Å²) in [5.41, 5.74) is 4.33. The van der Waals surface area contributed by atoms with E-state index in [1.54, 1.807) is 0 Å². The normalized spacial score (nSPS) is 19.4. The molecule has 3 heterocycles. The third kappa shape index (κ3) is 5.13. The van der Waals surface area contributed by atoms with Crippen molar-refractivity contribution in [1.29, 1.82) is 0 Å². The number of fused-ring (bicyclic) bond motifs is 1. The third-order valence-corrected chi connectivity index (χ3v) is 7.42. The predicted octanol–water partition coefficient (Wildman–Crippen LogP) is 4.19. The molecule has 1 saturated heterocycles. The highest BCUT2D eigenvalue weighted by Crippen LogP contribution is 2.44. The summed E-state index contributed by atoms with van der Waals surface area (Å²) in [7, 11) is 0. The molecule has 1 aromatic heterocycles. The van der Waals surface area contributed by atoms with Gasteiger partial charge in [0.1, 0.15) is 17.1 Å². The summed E-state index contributed by atoms with van der Waals surface area (Å²) in [5.74, 6) is 2.20. The van der Waals surface area contributed by atoms with Crippen LogP contribution in [0.1, 0.15) is 55.9 Å². The van der Waals surface area contributed by atoms with Crippen LogP contribution in [0.15, 0.2) is 18.3 Å². The summed E-state index contributed by atoms with van der Waals surface area (Å²) in [6, 6.07) is 3.98. The molecule has 194 valence electrons. The first-order chi connectivity index (χ1) is 17.1. The number of carbonyl (C=O) groups is 2. The van der Waals surface area contributed by atoms with Crippen molar-refractivity contribution in [1.82, 2.24) is 9.88 Å². The molecule has 1 atom stereocenters. The summed E-state index contributed by atoms with van der Waals surface area (Å²) in [6.07, 6.45) is 3.66. The first kappa shape index (κ1) is 25.8. The van der Waals surface area contributed by atoms with Gasteiger partial charge in [-0.2, -0.15) is 0 Å². The van der Waals surface area contributed by atoms with Crippen LogP contribution in [0.5, 0.6) is 11.5 Å². The Morgan fingerprint density at radius 1 is 1.14 bits per heavy atom. The van der Waals surface area contributed by atoms with Gasteiger partial charge in [-0.1, -0.05) is 0 Å². The Morgan fingerprint density at radius 3 is 2.53 bits per heavy atom. The fourth-order valence-corrected chi connectivity index (χ4v) is 5.28. The number of carbonyl (C=O) groups excluding carboxylic acids is 2. The Hall–Kier alpha value is -3.29. The van der Waals surface area contributed by atoms with Gasteiger partial charge in [-0.15, -0.1) is 0 Å². The van der Waals surface area contributed by atoms with E-state index in [4.69, 9.17) is 9.47 Å². The number of amides is 1. The second-order valence-electron chi connectivity index (χ2n) is 10.1. The number of rotatable bonds is 6. The van der Waals surface area contributed by atoms with E-state index >= 15 is 0 Å². The lowest BCUT2D eigenvalue weighted by atomic mass is 9.85. The minimum absolute atomic E-state index is 0.121. The van der Waals surface area contributed by atoms with Crippen molar-refractivity contribution < 1.29 is 19.1 Å². The highest BCUT2D eigenvalue weighted by molar-refractivity contribution is 5.78. The van der Waals surface area contributed by atoms with E-state index in [1.807, 2.05) is 50.9 Å². The number of ether oxygens (including phenoxy) is 2. The highest BCUT2D eigenvalue weighted by Gasteiger charge is 2.38.